The van der Waals surface area contributed by atoms with Crippen LogP contribution in [0.1, 0.15) is 48.0 Å². The first-order chi connectivity index (χ1) is 9.54. The minimum atomic E-state index is -1.16. The molecule has 0 heterocycles. The molecule has 1 aromatic rings. The van der Waals surface area contributed by atoms with Crippen LogP contribution in [0.4, 0.5) is 0 Å². The van der Waals surface area contributed by atoms with E-state index in [-0.39, 0.29) is 22.5 Å². The van der Waals surface area contributed by atoms with Crippen molar-refractivity contribution in [3.8, 4) is 11.5 Å². The highest BCUT2D eigenvalue weighted by Crippen LogP contribution is 2.42. The van der Waals surface area contributed by atoms with Crippen LogP contribution in [0.5, 0.6) is 11.5 Å². The minimum absolute atomic E-state index is 0.127. The Morgan fingerprint density at radius 1 is 1.35 bits per heavy atom. The van der Waals surface area contributed by atoms with E-state index < -0.39 is 5.97 Å². The molecule has 2 rings (SSSR count). The standard InChI is InChI=1S/C15H21NO4/c1-20-12-8-10(7-11(13(12)17)14(18)19)15(9-16)5-3-2-4-6-15/h7-8,17H,2-6,9,16H2,1H3,(H,18,19). The highest BCUT2D eigenvalue weighted by molar-refractivity contribution is 5.92. The van der Waals surface area contributed by atoms with Gasteiger partial charge >= 0.3 is 5.97 Å². The first-order valence-electron chi connectivity index (χ1n) is 6.89. The highest BCUT2D eigenvalue weighted by Gasteiger charge is 2.34. The summed E-state index contributed by atoms with van der Waals surface area (Å²) >= 11 is 0. The lowest BCUT2D eigenvalue weighted by molar-refractivity contribution is 0.0692. The van der Waals surface area contributed by atoms with E-state index in [4.69, 9.17) is 10.5 Å². The number of carboxylic acids is 1. The van der Waals surface area contributed by atoms with E-state index in [0.29, 0.717) is 6.54 Å². The Labute approximate surface area is 118 Å². The van der Waals surface area contributed by atoms with Crippen molar-refractivity contribution in [3.63, 3.8) is 0 Å². The van der Waals surface area contributed by atoms with Gasteiger partial charge in [-0.2, -0.15) is 0 Å². The lowest BCUT2D eigenvalue weighted by atomic mass is 9.69. The van der Waals surface area contributed by atoms with Crippen molar-refractivity contribution in [1.29, 1.82) is 0 Å². The van der Waals surface area contributed by atoms with Crippen LogP contribution in [0.2, 0.25) is 0 Å². The lowest BCUT2D eigenvalue weighted by Crippen LogP contribution is -2.37. The third kappa shape index (κ3) is 2.45. The van der Waals surface area contributed by atoms with E-state index in [1.54, 1.807) is 12.1 Å². The number of aromatic carboxylic acids is 1. The third-order valence-electron chi connectivity index (χ3n) is 4.34. The first kappa shape index (κ1) is 14.7. The van der Waals surface area contributed by atoms with Crippen LogP contribution in [0.25, 0.3) is 0 Å². The second-order valence-electron chi connectivity index (χ2n) is 5.42. The van der Waals surface area contributed by atoms with Gasteiger partial charge in [-0.3, -0.25) is 0 Å². The maximum Gasteiger partial charge on any atom is 0.339 e. The number of carbonyl (C=O) groups is 1. The van der Waals surface area contributed by atoms with Gasteiger partial charge in [0.25, 0.3) is 0 Å². The number of methoxy groups -OCH3 is 1. The van der Waals surface area contributed by atoms with E-state index in [2.05, 4.69) is 0 Å². The number of nitrogens with two attached hydrogens (primary N) is 1. The van der Waals surface area contributed by atoms with Crippen molar-refractivity contribution in [3.05, 3.63) is 23.3 Å². The molecule has 5 heteroatoms. The molecule has 20 heavy (non-hydrogen) atoms. The molecular weight excluding hydrogens is 258 g/mol. The van der Waals surface area contributed by atoms with E-state index >= 15 is 0 Å². The molecule has 0 spiro atoms. The average Bonchev–Trinajstić information content (AvgIpc) is 2.47. The fourth-order valence-electron chi connectivity index (χ4n) is 3.07. The number of hydrogen-bond donors (Lipinski definition) is 3. The Hall–Kier alpha value is -1.75. The molecule has 5 nitrogen and oxygen atoms in total. The summed E-state index contributed by atoms with van der Waals surface area (Å²) in [6.45, 7) is 0.472. The van der Waals surface area contributed by atoms with Crippen LogP contribution in [0, 0.1) is 0 Å². The van der Waals surface area contributed by atoms with Crippen LogP contribution >= 0.6 is 0 Å². The molecule has 4 N–H and O–H groups in total. The Morgan fingerprint density at radius 2 is 2.00 bits per heavy atom. The van der Waals surface area contributed by atoms with Gasteiger partial charge in [0.15, 0.2) is 11.5 Å². The number of aromatic hydroxyl groups is 1. The van der Waals surface area contributed by atoms with Crippen LogP contribution < -0.4 is 10.5 Å². The number of phenols is 1. The Bertz CT molecular complexity index is 507. The summed E-state index contributed by atoms with van der Waals surface area (Å²) in [6, 6.07) is 3.26. The van der Waals surface area contributed by atoms with Gasteiger partial charge in [0, 0.05) is 12.0 Å². The highest BCUT2D eigenvalue weighted by atomic mass is 16.5. The Balaban J connectivity index is 2.55. The fraction of sp³-hybridized carbons (Fsp3) is 0.533. The van der Waals surface area contributed by atoms with Gasteiger partial charge in [-0.15, -0.1) is 0 Å². The van der Waals surface area contributed by atoms with Crippen LogP contribution in [0.15, 0.2) is 12.1 Å². The molecule has 0 atom stereocenters. The van der Waals surface area contributed by atoms with Gasteiger partial charge < -0.3 is 20.7 Å². The van der Waals surface area contributed by atoms with Gasteiger partial charge in [0.2, 0.25) is 0 Å². The Morgan fingerprint density at radius 3 is 2.50 bits per heavy atom. The molecule has 1 aromatic carbocycles. The van der Waals surface area contributed by atoms with Gasteiger partial charge in [0.1, 0.15) is 5.56 Å². The van der Waals surface area contributed by atoms with Gasteiger partial charge in [-0.1, -0.05) is 19.3 Å². The maximum atomic E-state index is 11.3. The molecule has 1 aliphatic carbocycles. The average molecular weight is 279 g/mol. The summed E-state index contributed by atoms with van der Waals surface area (Å²) in [7, 11) is 1.42. The van der Waals surface area contributed by atoms with E-state index in [9.17, 15) is 15.0 Å². The predicted molar refractivity (Wildman–Crippen MR) is 75.4 cm³/mol. The van der Waals surface area contributed by atoms with E-state index in [0.717, 1.165) is 31.2 Å². The van der Waals surface area contributed by atoms with Crippen molar-refractivity contribution in [2.75, 3.05) is 13.7 Å². The molecular formula is C15H21NO4. The molecule has 1 saturated carbocycles. The molecule has 0 unspecified atom stereocenters. The summed E-state index contributed by atoms with van der Waals surface area (Å²) in [4.78, 5) is 11.3. The van der Waals surface area contributed by atoms with Gasteiger partial charge in [0.05, 0.1) is 7.11 Å². The van der Waals surface area contributed by atoms with Crippen molar-refractivity contribution in [2.45, 2.75) is 37.5 Å². The second kappa shape index (κ2) is 5.71. The molecule has 0 aromatic heterocycles. The quantitative estimate of drug-likeness (QED) is 0.786. The number of carboxylic acid groups (broad SMARTS) is 1. The van der Waals surface area contributed by atoms with E-state index in [1.807, 2.05) is 0 Å². The zero-order valence-corrected chi connectivity index (χ0v) is 11.7. The predicted octanol–water partition coefficient (Wildman–Crippen LogP) is 2.26. The number of benzene rings is 1. The molecule has 0 aliphatic heterocycles. The normalized spacial score (nSPS) is 17.7. The van der Waals surface area contributed by atoms with Crippen LogP contribution in [0.3, 0.4) is 0 Å². The van der Waals surface area contributed by atoms with Gasteiger partial charge in [-0.25, -0.2) is 4.79 Å². The molecule has 110 valence electrons. The monoisotopic (exact) mass is 279 g/mol. The molecule has 1 aliphatic rings. The summed E-state index contributed by atoms with van der Waals surface area (Å²) in [6.07, 6.45) is 5.24. The second-order valence-corrected chi connectivity index (χ2v) is 5.42. The topological polar surface area (TPSA) is 92.8 Å². The largest absolute Gasteiger partial charge is 0.504 e. The van der Waals surface area contributed by atoms with Crippen molar-refractivity contribution >= 4 is 5.97 Å². The van der Waals surface area contributed by atoms with Crippen molar-refractivity contribution in [2.24, 2.45) is 5.73 Å². The van der Waals surface area contributed by atoms with Crippen molar-refractivity contribution in [1.82, 2.24) is 0 Å². The summed E-state index contributed by atoms with van der Waals surface area (Å²) in [5.41, 5.74) is 6.50. The smallest absolute Gasteiger partial charge is 0.339 e. The van der Waals surface area contributed by atoms with Crippen LogP contribution in [-0.2, 0) is 5.41 Å². The number of hydrogen-bond acceptors (Lipinski definition) is 4. The zero-order valence-electron chi connectivity index (χ0n) is 11.7. The van der Waals surface area contributed by atoms with Crippen LogP contribution in [-0.4, -0.2) is 29.8 Å². The fourth-order valence-corrected chi connectivity index (χ4v) is 3.07. The molecule has 0 amide bonds. The maximum absolute atomic E-state index is 11.3. The molecule has 0 saturated heterocycles. The molecule has 0 radical (unpaired) electrons. The zero-order chi connectivity index (χ0) is 14.8. The Kier molecular flexibility index (Phi) is 4.18. The van der Waals surface area contributed by atoms with E-state index in [1.165, 1.54) is 13.5 Å². The molecule has 1 fully saturated rings. The SMILES string of the molecule is COc1cc(C2(CN)CCCCC2)cc(C(=O)O)c1O. The summed E-state index contributed by atoms with van der Waals surface area (Å²) in [5, 5.41) is 19.1. The third-order valence-corrected chi connectivity index (χ3v) is 4.34. The summed E-state index contributed by atoms with van der Waals surface area (Å²) < 4.78 is 5.10. The minimum Gasteiger partial charge on any atom is -0.504 e. The summed E-state index contributed by atoms with van der Waals surface area (Å²) in [5.74, 6) is -1.30. The van der Waals surface area contributed by atoms with Gasteiger partial charge in [-0.05, 0) is 30.5 Å². The lowest BCUT2D eigenvalue weighted by Gasteiger charge is -2.37. The number of ether oxygens (including phenoxy) is 1. The number of rotatable bonds is 4. The van der Waals surface area contributed by atoms with Crippen molar-refractivity contribution < 1.29 is 19.7 Å². The first-order valence-corrected chi connectivity index (χ1v) is 6.89. The molecule has 0 bridgehead atoms.